The standard InChI is InChI=1S/C18H30O/c1-3-5-15-6-8-16(9-7-15)17-10-12-18(13-11-17)19-14-4-2/h3-4,15-18H,1-2,5-14H2. The first kappa shape index (κ1) is 14.8. The van der Waals surface area contributed by atoms with E-state index in [-0.39, 0.29) is 0 Å². The number of hydrogen-bond donors (Lipinski definition) is 0. The number of hydrogen-bond acceptors (Lipinski definition) is 1. The average molecular weight is 262 g/mol. The van der Waals surface area contributed by atoms with Crippen molar-refractivity contribution in [3.8, 4) is 0 Å². The molecule has 2 aliphatic carbocycles. The van der Waals surface area contributed by atoms with Crippen molar-refractivity contribution in [3.05, 3.63) is 25.3 Å². The normalized spacial score (nSPS) is 35.8. The summed E-state index contributed by atoms with van der Waals surface area (Å²) in [7, 11) is 0. The molecule has 0 radical (unpaired) electrons. The lowest BCUT2D eigenvalue weighted by atomic mass is 9.70. The summed E-state index contributed by atoms with van der Waals surface area (Å²) in [5.41, 5.74) is 0. The van der Waals surface area contributed by atoms with Gasteiger partial charge in [-0.2, -0.15) is 0 Å². The summed E-state index contributed by atoms with van der Waals surface area (Å²) in [5.74, 6) is 2.91. The lowest BCUT2D eigenvalue weighted by Gasteiger charge is -2.37. The lowest BCUT2D eigenvalue weighted by Crippen LogP contribution is -2.28. The van der Waals surface area contributed by atoms with Crippen molar-refractivity contribution in [2.75, 3.05) is 6.61 Å². The molecule has 1 heteroatoms. The van der Waals surface area contributed by atoms with Crippen LogP contribution in [-0.4, -0.2) is 12.7 Å². The molecule has 2 aliphatic rings. The molecule has 1 nitrogen and oxygen atoms in total. The van der Waals surface area contributed by atoms with Gasteiger partial charge in [-0.25, -0.2) is 0 Å². The van der Waals surface area contributed by atoms with Gasteiger partial charge in [-0.15, -0.1) is 13.2 Å². The van der Waals surface area contributed by atoms with Gasteiger partial charge in [0.2, 0.25) is 0 Å². The van der Waals surface area contributed by atoms with Gasteiger partial charge in [-0.05, 0) is 75.5 Å². The van der Waals surface area contributed by atoms with Crippen molar-refractivity contribution in [3.63, 3.8) is 0 Å². The van der Waals surface area contributed by atoms with Crippen LogP contribution in [0.5, 0.6) is 0 Å². The minimum Gasteiger partial charge on any atom is -0.374 e. The smallest absolute Gasteiger partial charge is 0.0648 e. The maximum Gasteiger partial charge on any atom is 0.0648 e. The molecule has 2 saturated carbocycles. The van der Waals surface area contributed by atoms with Crippen molar-refractivity contribution in [2.24, 2.45) is 17.8 Å². The van der Waals surface area contributed by atoms with Crippen LogP contribution in [-0.2, 0) is 4.74 Å². The number of allylic oxidation sites excluding steroid dienone is 1. The molecule has 0 saturated heterocycles. The van der Waals surface area contributed by atoms with Gasteiger partial charge < -0.3 is 4.74 Å². The number of ether oxygens (including phenoxy) is 1. The monoisotopic (exact) mass is 262 g/mol. The Labute approximate surface area is 119 Å². The highest BCUT2D eigenvalue weighted by atomic mass is 16.5. The van der Waals surface area contributed by atoms with Crippen LogP contribution in [0.3, 0.4) is 0 Å². The molecule has 19 heavy (non-hydrogen) atoms. The summed E-state index contributed by atoms with van der Waals surface area (Å²) in [6.45, 7) is 8.32. The predicted molar refractivity (Wildman–Crippen MR) is 82.2 cm³/mol. The van der Waals surface area contributed by atoms with Crippen molar-refractivity contribution in [1.29, 1.82) is 0 Å². The molecule has 0 aromatic heterocycles. The van der Waals surface area contributed by atoms with Gasteiger partial charge in [0.15, 0.2) is 0 Å². The molecule has 108 valence electrons. The molecule has 0 atom stereocenters. The summed E-state index contributed by atoms with van der Waals surface area (Å²) in [4.78, 5) is 0. The van der Waals surface area contributed by atoms with E-state index in [1.807, 2.05) is 6.08 Å². The fourth-order valence-corrected chi connectivity index (χ4v) is 4.06. The largest absolute Gasteiger partial charge is 0.374 e. The zero-order chi connectivity index (χ0) is 13.5. The highest BCUT2D eigenvalue weighted by Crippen LogP contribution is 2.41. The molecule has 0 aromatic carbocycles. The maximum atomic E-state index is 5.79. The Morgan fingerprint density at radius 1 is 0.789 bits per heavy atom. The average Bonchev–Trinajstić information content (AvgIpc) is 2.47. The molecule has 2 fully saturated rings. The van der Waals surface area contributed by atoms with Crippen LogP contribution in [0.25, 0.3) is 0 Å². The third-order valence-electron chi connectivity index (χ3n) is 5.23. The summed E-state index contributed by atoms with van der Waals surface area (Å²) < 4.78 is 5.79. The van der Waals surface area contributed by atoms with E-state index in [1.54, 1.807) is 0 Å². The van der Waals surface area contributed by atoms with Crippen LogP contribution in [0.2, 0.25) is 0 Å². The predicted octanol–water partition coefficient (Wildman–Crippen LogP) is 5.13. The SMILES string of the molecule is C=CCOC1CCC(C2CCC(CC=C)CC2)CC1. The second-order valence-electron chi connectivity index (χ2n) is 6.46. The Bertz CT molecular complexity index is 267. The summed E-state index contributed by atoms with van der Waals surface area (Å²) in [6.07, 6.45) is 16.8. The fourth-order valence-electron chi connectivity index (χ4n) is 4.06. The lowest BCUT2D eigenvalue weighted by molar-refractivity contribution is 0.0213. The molecule has 0 spiro atoms. The van der Waals surface area contributed by atoms with Crippen LogP contribution < -0.4 is 0 Å². The van der Waals surface area contributed by atoms with Gasteiger partial charge in [0.25, 0.3) is 0 Å². The van der Waals surface area contributed by atoms with Gasteiger partial charge in [-0.3, -0.25) is 0 Å². The van der Waals surface area contributed by atoms with Crippen LogP contribution in [0.15, 0.2) is 25.3 Å². The first-order valence-electron chi connectivity index (χ1n) is 8.16. The summed E-state index contributed by atoms with van der Waals surface area (Å²) in [6, 6.07) is 0. The Balaban J connectivity index is 1.67. The molecule has 0 unspecified atom stereocenters. The van der Waals surface area contributed by atoms with Crippen molar-refractivity contribution in [1.82, 2.24) is 0 Å². The van der Waals surface area contributed by atoms with Crippen molar-refractivity contribution >= 4 is 0 Å². The van der Waals surface area contributed by atoms with Gasteiger partial charge in [0, 0.05) is 0 Å². The maximum absolute atomic E-state index is 5.79. The van der Waals surface area contributed by atoms with Gasteiger partial charge in [-0.1, -0.05) is 12.2 Å². The minimum absolute atomic E-state index is 0.506. The first-order chi connectivity index (χ1) is 9.33. The Morgan fingerprint density at radius 3 is 1.89 bits per heavy atom. The van der Waals surface area contributed by atoms with E-state index in [2.05, 4.69) is 19.2 Å². The van der Waals surface area contributed by atoms with Crippen LogP contribution >= 0.6 is 0 Å². The second-order valence-corrected chi connectivity index (χ2v) is 6.46. The van der Waals surface area contributed by atoms with E-state index in [1.165, 1.54) is 57.8 Å². The zero-order valence-electron chi connectivity index (χ0n) is 12.4. The van der Waals surface area contributed by atoms with E-state index in [0.29, 0.717) is 6.10 Å². The summed E-state index contributed by atoms with van der Waals surface area (Å²) >= 11 is 0. The Morgan fingerprint density at radius 2 is 1.37 bits per heavy atom. The molecular formula is C18H30O. The molecule has 0 amide bonds. The number of rotatable bonds is 6. The zero-order valence-corrected chi connectivity index (χ0v) is 12.4. The van der Waals surface area contributed by atoms with E-state index < -0.39 is 0 Å². The first-order valence-corrected chi connectivity index (χ1v) is 8.16. The molecule has 0 bridgehead atoms. The van der Waals surface area contributed by atoms with Gasteiger partial charge in [0.1, 0.15) is 0 Å². The molecule has 2 rings (SSSR count). The van der Waals surface area contributed by atoms with Crippen molar-refractivity contribution < 1.29 is 4.74 Å². The highest BCUT2D eigenvalue weighted by molar-refractivity contribution is 4.84. The van der Waals surface area contributed by atoms with Crippen molar-refractivity contribution in [2.45, 2.75) is 63.9 Å². The van der Waals surface area contributed by atoms with Crippen LogP contribution in [0, 0.1) is 17.8 Å². The fraction of sp³-hybridized carbons (Fsp3) is 0.778. The van der Waals surface area contributed by atoms with Crippen LogP contribution in [0.4, 0.5) is 0 Å². The second kappa shape index (κ2) is 7.89. The van der Waals surface area contributed by atoms with Gasteiger partial charge >= 0.3 is 0 Å². The minimum atomic E-state index is 0.506. The molecule has 0 aliphatic heterocycles. The Hall–Kier alpha value is -0.560. The van der Waals surface area contributed by atoms with E-state index in [4.69, 9.17) is 4.74 Å². The van der Waals surface area contributed by atoms with Crippen LogP contribution in [0.1, 0.15) is 57.8 Å². The summed E-state index contributed by atoms with van der Waals surface area (Å²) in [5, 5.41) is 0. The van der Waals surface area contributed by atoms with E-state index in [0.717, 1.165) is 24.4 Å². The topological polar surface area (TPSA) is 9.23 Å². The Kier molecular flexibility index (Phi) is 6.16. The molecule has 0 N–H and O–H groups in total. The molecule has 0 aromatic rings. The molecule has 0 heterocycles. The van der Waals surface area contributed by atoms with E-state index >= 15 is 0 Å². The quantitative estimate of drug-likeness (QED) is 0.603. The van der Waals surface area contributed by atoms with Gasteiger partial charge in [0.05, 0.1) is 12.7 Å². The van der Waals surface area contributed by atoms with E-state index in [9.17, 15) is 0 Å². The third kappa shape index (κ3) is 4.49. The highest BCUT2D eigenvalue weighted by Gasteiger charge is 2.30. The molecular weight excluding hydrogens is 232 g/mol. The third-order valence-corrected chi connectivity index (χ3v) is 5.23.